The highest BCUT2D eigenvalue weighted by atomic mass is 32.3. The number of urea groups is 1. The van der Waals surface area contributed by atoms with Gasteiger partial charge in [-0.15, -0.1) is 6.58 Å². The van der Waals surface area contributed by atoms with Gasteiger partial charge in [-0.1, -0.05) is 40.3 Å². The van der Waals surface area contributed by atoms with Gasteiger partial charge in [0.1, 0.15) is 6.61 Å². The fourth-order valence-corrected chi connectivity index (χ4v) is 7.84. The molecular formula is C31H59N3O7S. The van der Waals surface area contributed by atoms with Crippen LogP contribution in [0.5, 0.6) is 0 Å². The number of carbonyl (C=O) groups is 2. The van der Waals surface area contributed by atoms with Crippen molar-refractivity contribution in [1.29, 1.82) is 0 Å². The number of carbonyl (C=O) groups excluding carboxylic acids is 2. The molecule has 246 valence electrons. The van der Waals surface area contributed by atoms with Gasteiger partial charge in [0.05, 0.1) is 44.7 Å². The molecule has 3 unspecified atom stereocenters. The minimum atomic E-state index is -1.57. The normalized spacial score (nSPS) is 21.8. The number of amides is 3. The molecule has 0 heterocycles. The fraction of sp³-hybridized carbons (Fsp3) is 0.806. The fourth-order valence-electron chi connectivity index (χ4n) is 5.87. The van der Waals surface area contributed by atoms with Crippen LogP contribution in [-0.4, -0.2) is 82.9 Å². The predicted octanol–water partition coefficient (Wildman–Crippen LogP) is 6.08. The van der Waals surface area contributed by atoms with Crippen LogP contribution in [-0.2, 0) is 22.6 Å². The molecule has 0 saturated heterocycles. The van der Waals surface area contributed by atoms with Crippen molar-refractivity contribution in [2.24, 2.45) is 16.2 Å². The first kappa shape index (κ1) is 38.1. The van der Waals surface area contributed by atoms with E-state index in [-0.39, 0.29) is 29.5 Å². The van der Waals surface area contributed by atoms with Crippen molar-refractivity contribution in [1.82, 2.24) is 16.0 Å². The summed E-state index contributed by atoms with van der Waals surface area (Å²) in [4.78, 5) is 25.5. The zero-order valence-corrected chi connectivity index (χ0v) is 28.1. The van der Waals surface area contributed by atoms with Crippen LogP contribution in [0.25, 0.3) is 0 Å². The van der Waals surface area contributed by atoms with Crippen LogP contribution in [0, 0.1) is 16.2 Å². The number of hydrogen-bond acceptors (Lipinski definition) is 7. The molecule has 0 radical (unpaired) electrons. The van der Waals surface area contributed by atoms with Crippen molar-refractivity contribution in [3.05, 3.63) is 25.5 Å². The maximum atomic E-state index is 12.8. The van der Waals surface area contributed by atoms with Gasteiger partial charge < -0.3 is 30.2 Å². The zero-order valence-electron chi connectivity index (χ0n) is 27.3. The van der Waals surface area contributed by atoms with Gasteiger partial charge in [0.15, 0.2) is 0 Å². The molecule has 1 aliphatic rings. The lowest BCUT2D eigenvalue weighted by molar-refractivity contribution is -0.0321. The Hall–Kier alpha value is -1.95. The smallest absolute Gasteiger partial charge is 0.407 e. The van der Waals surface area contributed by atoms with Gasteiger partial charge in [-0.05, 0) is 56.8 Å². The summed E-state index contributed by atoms with van der Waals surface area (Å²) in [5.74, 6) is 0.772. The molecule has 1 fully saturated rings. The maximum Gasteiger partial charge on any atom is 0.407 e. The maximum absolute atomic E-state index is 12.8. The molecule has 3 amide bonds. The highest BCUT2D eigenvalue weighted by Crippen LogP contribution is 2.47. The van der Waals surface area contributed by atoms with Crippen molar-refractivity contribution in [3.63, 3.8) is 0 Å². The lowest BCUT2D eigenvalue weighted by Gasteiger charge is -2.46. The first-order valence-corrected chi connectivity index (χ1v) is 17.3. The molecular weight excluding hydrogens is 558 g/mol. The van der Waals surface area contributed by atoms with Crippen molar-refractivity contribution in [2.45, 2.75) is 79.7 Å². The first-order valence-electron chi connectivity index (χ1n) is 15.2. The van der Waals surface area contributed by atoms with Crippen LogP contribution in [0.15, 0.2) is 25.5 Å². The molecule has 1 saturated carbocycles. The van der Waals surface area contributed by atoms with E-state index in [9.17, 15) is 9.59 Å². The molecule has 0 spiro atoms. The van der Waals surface area contributed by atoms with Gasteiger partial charge in [-0.25, -0.2) is 9.59 Å². The second-order valence-electron chi connectivity index (χ2n) is 12.5. The Bertz CT molecular complexity index is 837. The summed E-state index contributed by atoms with van der Waals surface area (Å²) >= 11 is 0. The first-order chi connectivity index (χ1) is 19.8. The molecule has 3 N–H and O–H groups in total. The van der Waals surface area contributed by atoms with Crippen LogP contribution < -0.4 is 16.0 Å². The lowest BCUT2D eigenvalue weighted by atomic mass is 9.62. The molecule has 11 heteroatoms. The molecule has 0 aromatic rings. The summed E-state index contributed by atoms with van der Waals surface area (Å²) in [7, 11) is -1.57. The Labute approximate surface area is 256 Å². The lowest BCUT2D eigenvalue weighted by Crippen LogP contribution is -2.52. The summed E-state index contributed by atoms with van der Waals surface area (Å²) in [6.45, 7) is 23.3. The molecule has 0 aliphatic heterocycles. The highest BCUT2D eigenvalue weighted by Gasteiger charge is 2.42. The van der Waals surface area contributed by atoms with Crippen molar-refractivity contribution in [2.75, 3.05) is 64.7 Å². The second-order valence-corrected chi connectivity index (χ2v) is 15.2. The van der Waals surface area contributed by atoms with E-state index in [1.165, 1.54) is 6.26 Å². The second kappa shape index (κ2) is 18.7. The Kier molecular flexibility index (Phi) is 16.9. The third-order valence-corrected chi connectivity index (χ3v) is 10.1. The van der Waals surface area contributed by atoms with Gasteiger partial charge in [0.2, 0.25) is 0 Å². The van der Waals surface area contributed by atoms with Gasteiger partial charge in [0, 0.05) is 31.1 Å². The third-order valence-electron chi connectivity index (χ3n) is 7.56. The Balaban J connectivity index is 2.64. The number of hydrogen-bond donors (Lipinski definition) is 3. The number of rotatable bonds is 21. The molecule has 0 aromatic carbocycles. The number of nitrogens with one attached hydrogen (secondary N) is 3. The van der Waals surface area contributed by atoms with E-state index in [4.69, 9.17) is 22.6 Å². The summed E-state index contributed by atoms with van der Waals surface area (Å²) in [5, 5.41) is 9.13. The van der Waals surface area contributed by atoms with E-state index in [1.807, 2.05) is 27.0 Å². The van der Waals surface area contributed by atoms with Gasteiger partial charge in [-0.2, -0.15) is 10.6 Å². The average molecular weight is 618 g/mol. The highest BCUT2D eigenvalue weighted by molar-refractivity contribution is 8.25. The van der Waals surface area contributed by atoms with E-state index in [0.29, 0.717) is 52.5 Å². The number of alkyl carbamates (subject to hydrolysis) is 1. The molecule has 3 atom stereocenters. The Morgan fingerprint density at radius 1 is 1.02 bits per heavy atom. The summed E-state index contributed by atoms with van der Waals surface area (Å²) < 4.78 is 28.4. The van der Waals surface area contributed by atoms with Gasteiger partial charge >= 0.3 is 12.1 Å². The van der Waals surface area contributed by atoms with E-state index in [0.717, 1.165) is 31.4 Å². The molecule has 1 rings (SSSR count). The Morgan fingerprint density at radius 3 is 2.31 bits per heavy atom. The zero-order chi connectivity index (χ0) is 31.7. The van der Waals surface area contributed by atoms with Crippen molar-refractivity contribution in [3.8, 4) is 0 Å². The summed E-state index contributed by atoms with van der Waals surface area (Å²) in [6, 6.07) is -0.182. The Morgan fingerprint density at radius 2 is 1.71 bits per heavy atom. The van der Waals surface area contributed by atoms with Crippen LogP contribution in [0.2, 0.25) is 0 Å². The van der Waals surface area contributed by atoms with E-state index < -0.39 is 22.1 Å². The predicted molar refractivity (Wildman–Crippen MR) is 172 cm³/mol. The van der Waals surface area contributed by atoms with Crippen molar-refractivity contribution < 1.29 is 32.2 Å². The average Bonchev–Trinajstić information content (AvgIpc) is 2.90. The van der Waals surface area contributed by atoms with Crippen LogP contribution in [0.4, 0.5) is 9.59 Å². The van der Waals surface area contributed by atoms with Crippen LogP contribution in [0.1, 0.15) is 73.6 Å². The van der Waals surface area contributed by atoms with Crippen LogP contribution >= 0.6 is 10.6 Å². The topological polar surface area (TPSA) is 116 Å². The van der Waals surface area contributed by atoms with Crippen LogP contribution in [0.3, 0.4) is 0 Å². The molecule has 0 bridgehead atoms. The standard InChI is InChI=1S/C31H59N3O7S/c1-10-17-38-24-31(11-2,23-37-12-3)25-39-28(36)33-22-30(8)20-26(19-29(6,7)21-30)34-27(35)32-16-15-18-42(9,40-13-4)41-14-5/h10,12,26H,1,3,11,13-25H2,2,4-9H3,(H,33,36)(H2,32,34,35). The summed E-state index contributed by atoms with van der Waals surface area (Å²) in [6.07, 6.45) is 8.62. The van der Waals surface area contributed by atoms with E-state index in [2.05, 4.69) is 49.9 Å². The molecule has 0 aromatic heterocycles. The minimum Gasteiger partial charge on any atom is -0.501 e. The monoisotopic (exact) mass is 617 g/mol. The summed E-state index contributed by atoms with van der Waals surface area (Å²) in [5.41, 5.74) is -0.696. The van der Waals surface area contributed by atoms with E-state index in [1.54, 1.807) is 6.08 Å². The number of ether oxygens (including phenoxy) is 3. The molecule has 10 nitrogen and oxygen atoms in total. The van der Waals surface area contributed by atoms with Crippen molar-refractivity contribution >= 4 is 22.7 Å². The SMILES string of the molecule is C=CCOCC(CC)(COC=C)COC(=O)NCC1(C)CC(NC(=O)NCCCS(C)(OCC)OCC)CC(C)(C)C1. The third kappa shape index (κ3) is 14.5. The largest absolute Gasteiger partial charge is 0.501 e. The van der Waals surface area contributed by atoms with E-state index >= 15 is 0 Å². The quantitative estimate of drug-likeness (QED) is 0.0812. The van der Waals surface area contributed by atoms with Gasteiger partial charge in [0.25, 0.3) is 0 Å². The minimum absolute atomic E-state index is 0.00142. The molecule has 42 heavy (non-hydrogen) atoms. The van der Waals surface area contributed by atoms with Gasteiger partial charge in [-0.3, -0.25) is 8.37 Å². The molecule has 1 aliphatic carbocycles.